The van der Waals surface area contributed by atoms with Crippen molar-refractivity contribution in [2.24, 2.45) is 5.92 Å². The second kappa shape index (κ2) is 13.0. The van der Waals surface area contributed by atoms with Crippen LogP contribution in [0.2, 0.25) is 0 Å². The van der Waals surface area contributed by atoms with Gasteiger partial charge in [0.25, 0.3) is 0 Å². The van der Waals surface area contributed by atoms with Crippen LogP contribution in [0.15, 0.2) is 18.2 Å². The standard InChI is InChI=1S/C22H36N4O4/c1-4-26(5-2)12-13-30-20-14-18(10-11-19(20)29-3)25-21(27)16-24-22(28)23-15-17-8-6-7-9-17/h10-11,14,17H,4-9,12-13,15-16H2,1-3H3,(H,25,27)(H2,23,24,28). The molecule has 0 aliphatic heterocycles. The molecular weight excluding hydrogens is 384 g/mol. The second-order valence-electron chi connectivity index (χ2n) is 7.50. The van der Waals surface area contributed by atoms with E-state index in [1.165, 1.54) is 12.8 Å². The molecule has 1 aliphatic carbocycles. The van der Waals surface area contributed by atoms with Crippen molar-refractivity contribution in [3.63, 3.8) is 0 Å². The van der Waals surface area contributed by atoms with Crippen molar-refractivity contribution in [3.8, 4) is 11.5 Å². The molecule has 3 N–H and O–H groups in total. The largest absolute Gasteiger partial charge is 0.493 e. The number of carbonyl (C=O) groups excluding carboxylic acids is 2. The van der Waals surface area contributed by atoms with Crippen LogP contribution in [0.1, 0.15) is 39.5 Å². The zero-order valence-corrected chi connectivity index (χ0v) is 18.5. The summed E-state index contributed by atoms with van der Waals surface area (Å²) >= 11 is 0. The normalized spacial score (nSPS) is 13.9. The van der Waals surface area contributed by atoms with E-state index in [9.17, 15) is 9.59 Å². The number of ether oxygens (including phenoxy) is 2. The third-order valence-corrected chi connectivity index (χ3v) is 5.44. The third-order valence-electron chi connectivity index (χ3n) is 5.44. The summed E-state index contributed by atoms with van der Waals surface area (Å²) in [7, 11) is 1.58. The predicted octanol–water partition coefficient (Wildman–Crippen LogP) is 2.84. The number of anilines is 1. The first kappa shape index (κ1) is 23.8. The molecule has 0 saturated heterocycles. The number of rotatable bonds is 12. The maximum Gasteiger partial charge on any atom is 0.315 e. The van der Waals surface area contributed by atoms with Gasteiger partial charge in [-0.15, -0.1) is 0 Å². The van der Waals surface area contributed by atoms with Crippen LogP contribution in [0.25, 0.3) is 0 Å². The summed E-state index contributed by atoms with van der Waals surface area (Å²) in [5.41, 5.74) is 0.590. The summed E-state index contributed by atoms with van der Waals surface area (Å²) in [6.45, 7) is 8.07. The zero-order chi connectivity index (χ0) is 21.8. The minimum Gasteiger partial charge on any atom is -0.493 e. The van der Waals surface area contributed by atoms with Crippen LogP contribution >= 0.6 is 0 Å². The van der Waals surface area contributed by atoms with Crippen LogP contribution in [-0.4, -0.2) is 63.3 Å². The maximum atomic E-state index is 12.2. The molecule has 0 unspecified atom stereocenters. The lowest BCUT2D eigenvalue weighted by Crippen LogP contribution is -2.41. The number of amides is 3. The van der Waals surface area contributed by atoms with E-state index in [0.29, 0.717) is 36.3 Å². The van der Waals surface area contributed by atoms with E-state index in [1.807, 2.05) is 0 Å². The van der Waals surface area contributed by atoms with E-state index >= 15 is 0 Å². The first-order chi connectivity index (χ1) is 14.5. The van der Waals surface area contributed by atoms with Crippen molar-refractivity contribution in [1.29, 1.82) is 0 Å². The quantitative estimate of drug-likeness (QED) is 0.484. The molecule has 168 valence electrons. The van der Waals surface area contributed by atoms with Gasteiger partial charge in [0.05, 0.1) is 13.7 Å². The minimum absolute atomic E-state index is 0.0965. The lowest BCUT2D eigenvalue weighted by atomic mass is 10.1. The average Bonchev–Trinajstić information content (AvgIpc) is 3.28. The van der Waals surface area contributed by atoms with Crippen molar-refractivity contribution in [2.45, 2.75) is 39.5 Å². The van der Waals surface area contributed by atoms with Crippen molar-refractivity contribution in [1.82, 2.24) is 15.5 Å². The Morgan fingerprint density at radius 2 is 1.83 bits per heavy atom. The lowest BCUT2D eigenvalue weighted by Gasteiger charge is -2.19. The van der Waals surface area contributed by atoms with Gasteiger partial charge in [-0.05, 0) is 44.0 Å². The fourth-order valence-electron chi connectivity index (χ4n) is 3.57. The minimum atomic E-state index is -0.313. The van der Waals surface area contributed by atoms with Crippen molar-refractivity contribution >= 4 is 17.6 Å². The summed E-state index contributed by atoms with van der Waals surface area (Å²) < 4.78 is 11.2. The summed E-state index contributed by atoms with van der Waals surface area (Å²) in [6.07, 6.45) is 4.80. The Morgan fingerprint density at radius 3 is 2.50 bits per heavy atom. The number of hydrogen-bond donors (Lipinski definition) is 3. The lowest BCUT2D eigenvalue weighted by molar-refractivity contribution is -0.115. The number of carbonyl (C=O) groups is 2. The molecule has 0 atom stereocenters. The summed E-state index contributed by atoms with van der Waals surface area (Å²) in [6, 6.07) is 4.92. The van der Waals surface area contributed by atoms with Gasteiger partial charge in [0.1, 0.15) is 6.61 Å². The molecule has 3 amide bonds. The Morgan fingerprint density at radius 1 is 1.10 bits per heavy atom. The first-order valence-corrected chi connectivity index (χ1v) is 10.9. The highest BCUT2D eigenvalue weighted by atomic mass is 16.5. The number of hydrogen-bond acceptors (Lipinski definition) is 5. The fourth-order valence-corrected chi connectivity index (χ4v) is 3.57. The van der Waals surface area contributed by atoms with Gasteiger partial charge in [-0.1, -0.05) is 26.7 Å². The summed E-state index contributed by atoms with van der Waals surface area (Å²) in [5.74, 6) is 1.44. The highest BCUT2D eigenvalue weighted by Crippen LogP contribution is 2.30. The van der Waals surface area contributed by atoms with Crippen LogP contribution < -0.4 is 25.4 Å². The van der Waals surface area contributed by atoms with Crippen molar-refractivity contribution < 1.29 is 19.1 Å². The van der Waals surface area contributed by atoms with Gasteiger partial charge in [0.2, 0.25) is 5.91 Å². The monoisotopic (exact) mass is 420 g/mol. The predicted molar refractivity (Wildman–Crippen MR) is 118 cm³/mol. The highest BCUT2D eigenvalue weighted by molar-refractivity contribution is 5.94. The van der Waals surface area contributed by atoms with Crippen molar-refractivity contribution in [3.05, 3.63) is 18.2 Å². The number of urea groups is 1. The molecule has 0 bridgehead atoms. The van der Waals surface area contributed by atoms with E-state index in [4.69, 9.17) is 9.47 Å². The topological polar surface area (TPSA) is 91.9 Å². The number of nitrogens with zero attached hydrogens (tertiary/aromatic N) is 1. The maximum absolute atomic E-state index is 12.2. The molecule has 2 rings (SSSR count). The summed E-state index contributed by atoms with van der Waals surface area (Å²) in [4.78, 5) is 26.3. The van der Waals surface area contributed by atoms with E-state index in [-0.39, 0.29) is 18.5 Å². The van der Waals surface area contributed by atoms with Crippen LogP contribution in [0.5, 0.6) is 11.5 Å². The van der Waals surface area contributed by atoms with E-state index < -0.39 is 0 Å². The van der Waals surface area contributed by atoms with Gasteiger partial charge in [-0.25, -0.2) is 4.79 Å². The Kier molecular flexibility index (Phi) is 10.3. The Labute approximate surface area is 179 Å². The molecular formula is C22H36N4O4. The highest BCUT2D eigenvalue weighted by Gasteiger charge is 2.16. The first-order valence-electron chi connectivity index (χ1n) is 10.9. The number of nitrogens with one attached hydrogen (secondary N) is 3. The Hall–Kier alpha value is -2.48. The third kappa shape index (κ3) is 8.10. The van der Waals surface area contributed by atoms with Crippen LogP contribution in [0.4, 0.5) is 10.5 Å². The van der Waals surface area contributed by atoms with Gasteiger partial charge in [-0.2, -0.15) is 0 Å². The molecule has 30 heavy (non-hydrogen) atoms. The second-order valence-corrected chi connectivity index (χ2v) is 7.50. The molecule has 1 aliphatic rings. The zero-order valence-electron chi connectivity index (χ0n) is 18.5. The molecule has 0 spiro atoms. The van der Waals surface area contributed by atoms with Crippen LogP contribution in [0, 0.1) is 5.92 Å². The van der Waals surface area contributed by atoms with Gasteiger partial charge < -0.3 is 30.3 Å². The van der Waals surface area contributed by atoms with E-state index in [2.05, 4.69) is 34.7 Å². The molecule has 0 aromatic heterocycles. The molecule has 0 heterocycles. The molecule has 0 radical (unpaired) electrons. The van der Waals surface area contributed by atoms with Crippen molar-refractivity contribution in [2.75, 3.05) is 51.8 Å². The molecule has 1 aromatic rings. The van der Waals surface area contributed by atoms with E-state index in [1.54, 1.807) is 25.3 Å². The van der Waals surface area contributed by atoms with Gasteiger partial charge >= 0.3 is 6.03 Å². The van der Waals surface area contributed by atoms with Crippen LogP contribution in [0.3, 0.4) is 0 Å². The number of methoxy groups -OCH3 is 1. The number of benzene rings is 1. The number of likely N-dealkylation sites (N-methyl/N-ethyl adjacent to an activating group) is 1. The van der Waals surface area contributed by atoms with Gasteiger partial charge in [0.15, 0.2) is 11.5 Å². The summed E-state index contributed by atoms with van der Waals surface area (Å²) in [5, 5.41) is 8.22. The van der Waals surface area contributed by atoms with E-state index in [0.717, 1.165) is 32.5 Å². The van der Waals surface area contributed by atoms with Gasteiger partial charge in [-0.3, -0.25) is 4.79 Å². The fraction of sp³-hybridized carbons (Fsp3) is 0.636. The SMILES string of the molecule is CCN(CC)CCOc1cc(NC(=O)CNC(=O)NCC2CCCC2)ccc1OC. The Bertz CT molecular complexity index is 673. The van der Waals surface area contributed by atoms with Crippen LogP contribution in [-0.2, 0) is 4.79 Å². The molecule has 1 aromatic carbocycles. The average molecular weight is 421 g/mol. The molecule has 8 heteroatoms. The van der Waals surface area contributed by atoms with Gasteiger partial charge in [0, 0.05) is 24.8 Å². The molecule has 1 saturated carbocycles. The smallest absolute Gasteiger partial charge is 0.315 e. The molecule has 1 fully saturated rings. The molecule has 8 nitrogen and oxygen atoms in total. The Balaban J connectivity index is 1.78.